The number of carbonyl (C=O) groups is 1. The van der Waals surface area contributed by atoms with E-state index in [0.29, 0.717) is 29.7 Å². The van der Waals surface area contributed by atoms with Crippen molar-refractivity contribution in [3.8, 4) is 0 Å². The van der Waals surface area contributed by atoms with Gasteiger partial charge in [0.2, 0.25) is 10.0 Å². The number of amides is 1. The summed E-state index contributed by atoms with van der Waals surface area (Å²) in [5, 5.41) is 0. The van der Waals surface area contributed by atoms with Gasteiger partial charge in [0.15, 0.2) is 0 Å². The van der Waals surface area contributed by atoms with Crippen molar-refractivity contribution in [1.29, 1.82) is 0 Å². The summed E-state index contributed by atoms with van der Waals surface area (Å²) in [7, 11) is -3.69. The van der Waals surface area contributed by atoms with Crippen LogP contribution in [0.15, 0.2) is 45.8 Å². The lowest BCUT2D eigenvalue weighted by Gasteiger charge is -2.34. The minimum absolute atomic E-state index is 0.0761. The third-order valence-electron chi connectivity index (χ3n) is 4.81. The van der Waals surface area contributed by atoms with Gasteiger partial charge in [0.1, 0.15) is 15.9 Å². The quantitative estimate of drug-likeness (QED) is 0.575. The number of hydrogen-bond donors (Lipinski definition) is 0. The van der Waals surface area contributed by atoms with Gasteiger partial charge in [-0.15, -0.1) is 0 Å². The number of aryl methyl sites for hydroxylation is 1. The minimum atomic E-state index is -3.69. The second kappa shape index (κ2) is 7.51. The van der Waals surface area contributed by atoms with Gasteiger partial charge in [-0.3, -0.25) is 4.79 Å². The summed E-state index contributed by atoms with van der Waals surface area (Å²) in [4.78, 5) is 14.7. The van der Waals surface area contributed by atoms with Crippen LogP contribution in [0.5, 0.6) is 0 Å². The summed E-state index contributed by atoms with van der Waals surface area (Å²) in [5.74, 6) is -0.0761. The Morgan fingerprint density at radius 2 is 1.86 bits per heavy atom. The van der Waals surface area contributed by atoms with E-state index >= 15 is 0 Å². The summed E-state index contributed by atoms with van der Waals surface area (Å²) in [6.45, 7) is 3.08. The lowest BCUT2D eigenvalue weighted by Crippen LogP contribution is -2.50. The molecule has 0 atom stereocenters. The highest BCUT2D eigenvalue weighted by Crippen LogP contribution is 2.26. The van der Waals surface area contributed by atoms with Gasteiger partial charge >= 0.3 is 0 Å². The fourth-order valence-electron chi connectivity index (χ4n) is 3.30. The first-order valence-electron chi connectivity index (χ1n) is 8.65. The molecule has 1 saturated heterocycles. The summed E-state index contributed by atoms with van der Waals surface area (Å²) in [6, 6.07) is 10.5. The molecule has 2 aromatic carbocycles. The van der Waals surface area contributed by atoms with Crippen LogP contribution in [0.4, 0.5) is 0 Å². The van der Waals surface area contributed by atoms with Gasteiger partial charge in [-0.1, -0.05) is 22.0 Å². The van der Waals surface area contributed by atoms with Crippen LogP contribution >= 0.6 is 27.7 Å². The Morgan fingerprint density at radius 1 is 1.11 bits per heavy atom. The predicted molar refractivity (Wildman–Crippen MR) is 111 cm³/mol. The fraction of sp³-hybridized carbons (Fsp3) is 0.278. The van der Waals surface area contributed by atoms with E-state index < -0.39 is 10.0 Å². The molecule has 0 spiro atoms. The third-order valence-corrected chi connectivity index (χ3v) is 7.78. The molecule has 3 aromatic rings. The number of fused-ring (bicyclic) bond motifs is 1. The largest absolute Gasteiger partial charge is 0.336 e. The predicted octanol–water partition coefficient (Wildman–Crippen LogP) is 2.91. The van der Waals surface area contributed by atoms with E-state index in [0.717, 1.165) is 21.8 Å². The van der Waals surface area contributed by atoms with Crippen LogP contribution < -0.4 is 0 Å². The van der Waals surface area contributed by atoms with Crippen LogP contribution in [0.25, 0.3) is 11.0 Å². The number of carbonyl (C=O) groups excluding carboxylic acids is 1. The summed E-state index contributed by atoms with van der Waals surface area (Å²) in [5.41, 5.74) is 2.50. The number of halogens is 1. The van der Waals surface area contributed by atoms with Crippen LogP contribution in [0, 0.1) is 6.92 Å². The second-order valence-electron chi connectivity index (χ2n) is 6.54. The Balaban J connectivity index is 1.52. The molecule has 1 aliphatic rings. The van der Waals surface area contributed by atoms with Crippen LogP contribution in [0.1, 0.15) is 15.9 Å². The maximum Gasteiger partial charge on any atom is 0.254 e. The van der Waals surface area contributed by atoms with Gasteiger partial charge in [-0.2, -0.15) is 13.1 Å². The topological polar surface area (TPSA) is 83.5 Å². The Hall–Kier alpha value is -1.88. The van der Waals surface area contributed by atoms with E-state index in [1.54, 1.807) is 29.2 Å². The molecular weight excluding hydrogens is 464 g/mol. The highest BCUT2D eigenvalue weighted by atomic mass is 79.9. The van der Waals surface area contributed by atoms with Crippen molar-refractivity contribution >= 4 is 54.6 Å². The first kappa shape index (κ1) is 19.4. The van der Waals surface area contributed by atoms with E-state index in [1.165, 1.54) is 4.31 Å². The number of rotatable bonds is 3. The zero-order chi connectivity index (χ0) is 19.9. The molecule has 0 bridgehead atoms. The van der Waals surface area contributed by atoms with Gasteiger partial charge in [0, 0.05) is 36.2 Å². The standard InChI is InChI=1S/C18H17BrN4O3S2/c1-12-11-13(19)5-6-14(12)18(24)22-7-9-23(10-8-22)28(25,26)16-4-2-3-15-17(16)21-27-20-15/h2-6,11H,7-10H2,1H3. The van der Waals surface area contributed by atoms with Crippen molar-refractivity contribution in [2.45, 2.75) is 11.8 Å². The van der Waals surface area contributed by atoms with Gasteiger partial charge in [-0.05, 0) is 42.8 Å². The van der Waals surface area contributed by atoms with Gasteiger partial charge in [0.05, 0.1) is 11.7 Å². The lowest BCUT2D eigenvalue weighted by molar-refractivity contribution is 0.0697. The Kier molecular flexibility index (Phi) is 5.21. The summed E-state index contributed by atoms with van der Waals surface area (Å²) >= 11 is 4.40. The van der Waals surface area contributed by atoms with Gasteiger partial charge in [-0.25, -0.2) is 8.42 Å². The van der Waals surface area contributed by atoms with Crippen LogP contribution in [-0.4, -0.2) is 58.5 Å². The van der Waals surface area contributed by atoms with Crippen molar-refractivity contribution in [3.63, 3.8) is 0 Å². The molecule has 1 amide bonds. The second-order valence-corrected chi connectivity index (χ2v) is 9.89. The van der Waals surface area contributed by atoms with E-state index in [1.807, 2.05) is 19.1 Å². The van der Waals surface area contributed by atoms with Gasteiger partial charge in [0.25, 0.3) is 5.91 Å². The Labute approximate surface area is 175 Å². The fourth-order valence-corrected chi connectivity index (χ4v) is 5.95. The highest BCUT2D eigenvalue weighted by Gasteiger charge is 2.32. The number of benzene rings is 2. The molecule has 0 saturated carbocycles. The zero-order valence-electron chi connectivity index (χ0n) is 15.0. The first-order chi connectivity index (χ1) is 13.4. The van der Waals surface area contributed by atoms with Gasteiger partial charge < -0.3 is 4.90 Å². The first-order valence-corrected chi connectivity index (χ1v) is 11.6. The molecule has 146 valence electrons. The lowest BCUT2D eigenvalue weighted by atomic mass is 10.1. The number of piperazine rings is 1. The maximum absolute atomic E-state index is 13.1. The Bertz CT molecular complexity index is 1150. The average Bonchev–Trinajstić information content (AvgIpc) is 3.16. The van der Waals surface area contributed by atoms with E-state index in [4.69, 9.17) is 0 Å². The molecule has 2 heterocycles. The van der Waals surface area contributed by atoms with Crippen molar-refractivity contribution in [2.24, 2.45) is 0 Å². The van der Waals surface area contributed by atoms with Crippen molar-refractivity contribution in [3.05, 3.63) is 52.0 Å². The molecule has 1 aromatic heterocycles. The van der Waals surface area contributed by atoms with E-state index in [-0.39, 0.29) is 23.9 Å². The monoisotopic (exact) mass is 480 g/mol. The van der Waals surface area contributed by atoms with E-state index in [9.17, 15) is 13.2 Å². The SMILES string of the molecule is Cc1cc(Br)ccc1C(=O)N1CCN(S(=O)(=O)c2cccc3nsnc23)CC1. The van der Waals surface area contributed by atoms with E-state index in [2.05, 4.69) is 24.7 Å². The number of nitrogens with zero attached hydrogens (tertiary/aromatic N) is 4. The molecule has 0 unspecified atom stereocenters. The highest BCUT2D eigenvalue weighted by molar-refractivity contribution is 9.10. The molecule has 10 heteroatoms. The number of hydrogen-bond acceptors (Lipinski definition) is 6. The molecule has 1 aliphatic heterocycles. The number of aromatic nitrogens is 2. The van der Waals surface area contributed by atoms with Crippen LogP contribution in [0.3, 0.4) is 0 Å². The molecular formula is C18H17BrN4O3S2. The Morgan fingerprint density at radius 3 is 2.57 bits per heavy atom. The molecule has 4 rings (SSSR count). The normalized spacial score (nSPS) is 15.9. The van der Waals surface area contributed by atoms with Crippen LogP contribution in [-0.2, 0) is 10.0 Å². The summed E-state index contributed by atoms with van der Waals surface area (Å²) in [6.07, 6.45) is 0. The third kappa shape index (κ3) is 3.45. The summed E-state index contributed by atoms with van der Waals surface area (Å²) < 4.78 is 36.8. The van der Waals surface area contributed by atoms with Crippen LogP contribution in [0.2, 0.25) is 0 Å². The molecule has 7 nitrogen and oxygen atoms in total. The smallest absolute Gasteiger partial charge is 0.254 e. The zero-order valence-corrected chi connectivity index (χ0v) is 18.2. The number of sulfonamides is 1. The average molecular weight is 481 g/mol. The molecule has 28 heavy (non-hydrogen) atoms. The maximum atomic E-state index is 13.1. The van der Waals surface area contributed by atoms with Crippen molar-refractivity contribution in [1.82, 2.24) is 18.0 Å². The molecule has 0 radical (unpaired) electrons. The van der Waals surface area contributed by atoms with Crippen molar-refractivity contribution < 1.29 is 13.2 Å². The molecule has 1 fully saturated rings. The minimum Gasteiger partial charge on any atom is -0.336 e. The molecule has 0 aliphatic carbocycles. The molecule has 0 N–H and O–H groups in total. The van der Waals surface area contributed by atoms with Crippen molar-refractivity contribution in [2.75, 3.05) is 26.2 Å².